The Bertz CT molecular complexity index is 1470. The second-order valence-electron chi connectivity index (χ2n) is 7.88. The lowest BCUT2D eigenvalue weighted by atomic mass is 10.0. The van der Waals surface area contributed by atoms with Gasteiger partial charge in [0.2, 0.25) is 0 Å². The molecule has 1 amide bonds. The Morgan fingerprint density at radius 2 is 1.82 bits per heavy atom. The SMILES string of the molecule is CN1CCc2c(sc(NC(=O)c3sc4ccccc4c3Cl)c2-c2nc3ccccc3s2)C1.Cl. The molecule has 0 atom stereocenters. The molecule has 168 valence electrons. The summed E-state index contributed by atoms with van der Waals surface area (Å²) < 4.78 is 2.17. The van der Waals surface area contributed by atoms with Crippen LogP contribution >= 0.6 is 58.0 Å². The first-order chi connectivity index (χ1) is 15.6. The standard InChI is InChI=1S/C24H18ClN3OS3.ClH/c1-28-11-10-13-18(12-28)32-24(19(13)23-26-15-7-3-5-9-17(15)31-23)27-22(29)21-20(25)14-6-2-4-8-16(14)30-21;/h2-9H,10-12H2,1H3,(H,27,29);1H. The van der Waals surface area contributed by atoms with Gasteiger partial charge in [-0.1, -0.05) is 41.9 Å². The number of anilines is 1. The van der Waals surface area contributed by atoms with Gasteiger partial charge in [-0.2, -0.15) is 0 Å². The van der Waals surface area contributed by atoms with Crippen LogP contribution in [0.2, 0.25) is 5.02 Å². The minimum absolute atomic E-state index is 0. The Kier molecular flexibility index (Phi) is 6.20. The number of thiazole rings is 1. The number of carbonyl (C=O) groups excluding carboxylic acids is 1. The predicted molar refractivity (Wildman–Crippen MR) is 145 cm³/mol. The highest BCUT2D eigenvalue weighted by molar-refractivity contribution is 7.23. The number of hydrogen-bond acceptors (Lipinski definition) is 6. The highest BCUT2D eigenvalue weighted by atomic mass is 35.5. The fourth-order valence-electron chi connectivity index (χ4n) is 4.14. The van der Waals surface area contributed by atoms with E-state index in [0.29, 0.717) is 9.90 Å². The van der Waals surface area contributed by atoms with Crippen molar-refractivity contribution in [1.29, 1.82) is 0 Å². The zero-order valence-corrected chi connectivity index (χ0v) is 21.6. The van der Waals surface area contributed by atoms with Crippen molar-refractivity contribution < 1.29 is 4.79 Å². The molecule has 2 aromatic carbocycles. The maximum Gasteiger partial charge on any atom is 0.267 e. The molecule has 4 heterocycles. The molecule has 0 saturated heterocycles. The first-order valence-electron chi connectivity index (χ1n) is 10.3. The molecule has 1 aliphatic heterocycles. The van der Waals surface area contributed by atoms with Gasteiger partial charge in [-0.15, -0.1) is 46.4 Å². The molecule has 1 aliphatic rings. The number of para-hydroxylation sites is 1. The largest absolute Gasteiger partial charge is 0.312 e. The predicted octanol–water partition coefficient (Wildman–Crippen LogP) is 7.55. The van der Waals surface area contributed by atoms with Gasteiger partial charge in [-0.3, -0.25) is 4.79 Å². The fourth-order valence-corrected chi connectivity index (χ4v) is 7.99. The highest BCUT2D eigenvalue weighted by Crippen LogP contribution is 2.46. The molecular formula is C24H19Cl2N3OS3. The van der Waals surface area contributed by atoms with E-state index in [1.165, 1.54) is 21.8 Å². The number of benzene rings is 2. The summed E-state index contributed by atoms with van der Waals surface area (Å²) in [6, 6.07) is 16.0. The molecule has 3 aromatic heterocycles. The average Bonchev–Trinajstić information content (AvgIpc) is 3.46. The molecular weight excluding hydrogens is 513 g/mol. The summed E-state index contributed by atoms with van der Waals surface area (Å²) in [5, 5.41) is 6.46. The first-order valence-corrected chi connectivity index (χ1v) is 13.1. The molecule has 4 nitrogen and oxygen atoms in total. The summed E-state index contributed by atoms with van der Waals surface area (Å²) in [7, 11) is 2.13. The number of rotatable bonds is 3. The van der Waals surface area contributed by atoms with Gasteiger partial charge in [-0.25, -0.2) is 4.98 Å². The van der Waals surface area contributed by atoms with E-state index in [1.807, 2.05) is 42.5 Å². The second-order valence-corrected chi connectivity index (χ2v) is 11.4. The summed E-state index contributed by atoms with van der Waals surface area (Å²) in [5.74, 6) is -0.162. The van der Waals surface area contributed by atoms with E-state index >= 15 is 0 Å². The molecule has 0 radical (unpaired) electrons. The highest BCUT2D eigenvalue weighted by Gasteiger charge is 2.28. The van der Waals surface area contributed by atoms with Gasteiger partial charge in [0.1, 0.15) is 14.9 Å². The van der Waals surface area contributed by atoms with Crippen molar-refractivity contribution >= 4 is 89.2 Å². The van der Waals surface area contributed by atoms with Gasteiger partial charge in [-0.05, 0) is 37.2 Å². The number of nitrogens with one attached hydrogen (secondary N) is 1. The van der Waals surface area contributed by atoms with E-state index in [9.17, 15) is 4.79 Å². The number of nitrogens with zero attached hydrogens (tertiary/aromatic N) is 2. The topological polar surface area (TPSA) is 45.2 Å². The third-order valence-electron chi connectivity index (χ3n) is 5.72. The zero-order chi connectivity index (χ0) is 21.8. The van der Waals surface area contributed by atoms with E-state index in [0.717, 1.165) is 55.4 Å². The Hall–Kier alpha value is -2.00. The second kappa shape index (κ2) is 8.98. The zero-order valence-electron chi connectivity index (χ0n) is 17.6. The Morgan fingerprint density at radius 1 is 1.06 bits per heavy atom. The smallest absolute Gasteiger partial charge is 0.267 e. The van der Waals surface area contributed by atoms with Crippen molar-refractivity contribution in [2.75, 3.05) is 18.9 Å². The molecule has 0 saturated carbocycles. The molecule has 0 bridgehead atoms. The number of hydrogen-bond donors (Lipinski definition) is 1. The quantitative estimate of drug-likeness (QED) is 0.261. The van der Waals surface area contributed by atoms with Gasteiger partial charge in [0.25, 0.3) is 5.91 Å². The molecule has 0 aliphatic carbocycles. The molecule has 5 aromatic rings. The van der Waals surface area contributed by atoms with Gasteiger partial charge in [0.15, 0.2) is 0 Å². The molecule has 33 heavy (non-hydrogen) atoms. The van der Waals surface area contributed by atoms with E-state index in [1.54, 1.807) is 22.7 Å². The number of thiophene rings is 2. The van der Waals surface area contributed by atoms with Crippen molar-refractivity contribution in [3.63, 3.8) is 0 Å². The summed E-state index contributed by atoms with van der Waals surface area (Å²) in [6.45, 7) is 1.88. The van der Waals surface area contributed by atoms with Crippen LogP contribution in [-0.2, 0) is 13.0 Å². The van der Waals surface area contributed by atoms with Crippen molar-refractivity contribution in [2.45, 2.75) is 13.0 Å². The number of amides is 1. The van der Waals surface area contributed by atoms with Crippen molar-refractivity contribution in [3.05, 3.63) is 68.9 Å². The summed E-state index contributed by atoms with van der Waals surface area (Å²) in [5.41, 5.74) is 3.37. The van der Waals surface area contributed by atoms with Crippen LogP contribution in [0.15, 0.2) is 48.5 Å². The van der Waals surface area contributed by atoms with Crippen LogP contribution in [0.1, 0.15) is 20.1 Å². The summed E-state index contributed by atoms with van der Waals surface area (Å²) in [4.78, 5) is 22.4. The lowest BCUT2D eigenvalue weighted by Gasteiger charge is -2.22. The Labute approximate surface area is 214 Å². The third-order valence-corrected chi connectivity index (χ3v) is 9.58. The maximum absolute atomic E-state index is 13.3. The van der Waals surface area contributed by atoms with Crippen LogP contribution in [0.25, 0.3) is 30.9 Å². The van der Waals surface area contributed by atoms with Gasteiger partial charge < -0.3 is 10.2 Å². The van der Waals surface area contributed by atoms with Gasteiger partial charge in [0.05, 0.1) is 15.2 Å². The molecule has 9 heteroatoms. The first kappa shape index (κ1) is 22.8. The van der Waals surface area contributed by atoms with Crippen LogP contribution in [0, 0.1) is 0 Å². The Balaban J connectivity index is 0.00000228. The lowest BCUT2D eigenvalue weighted by molar-refractivity contribution is 0.103. The number of fused-ring (bicyclic) bond motifs is 3. The van der Waals surface area contributed by atoms with Crippen molar-refractivity contribution in [3.8, 4) is 10.6 Å². The number of aromatic nitrogens is 1. The van der Waals surface area contributed by atoms with Crippen LogP contribution in [-0.4, -0.2) is 29.4 Å². The van der Waals surface area contributed by atoms with Crippen LogP contribution in [0.5, 0.6) is 0 Å². The van der Waals surface area contributed by atoms with Crippen LogP contribution < -0.4 is 5.32 Å². The minimum atomic E-state index is -0.162. The number of halogens is 2. The van der Waals surface area contributed by atoms with E-state index < -0.39 is 0 Å². The van der Waals surface area contributed by atoms with Gasteiger partial charge >= 0.3 is 0 Å². The fraction of sp³-hybridized carbons (Fsp3) is 0.167. The number of carbonyl (C=O) groups is 1. The monoisotopic (exact) mass is 531 g/mol. The van der Waals surface area contributed by atoms with Crippen molar-refractivity contribution in [2.24, 2.45) is 0 Å². The number of likely N-dealkylation sites (N-methyl/N-ethyl adjacent to an activating group) is 1. The molecule has 0 fully saturated rings. The Morgan fingerprint density at radius 3 is 2.61 bits per heavy atom. The van der Waals surface area contributed by atoms with Crippen molar-refractivity contribution in [1.82, 2.24) is 9.88 Å². The minimum Gasteiger partial charge on any atom is -0.312 e. The lowest BCUT2D eigenvalue weighted by Crippen LogP contribution is -2.25. The van der Waals surface area contributed by atoms with E-state index in [2.05, 4.69) is 23.3 Å². The third kappa shape index (κ3) is 3.97. The van der Waals surface area contributed by atoms with Crippen LogP contribution in [0.3, 0.4) is 0 Å². The van der Waals surface area contributed by atoms with E-state index in [4.69, 9.17) is 16.6 Å². The maximum atomic E-state index is 13.3. The normalized spacial score (nSPS) is 13.8. The molecule has 0 unspecified atom stereocenters. The summed E-state index contributed by atoms with van der Waals surface area (Å²) >= 11 is 11.4. The molecule has 0 spiro atoms. The average molecular weight is 533 g/mol. The molecule has 1 N–H and O–H groups in total. The summed E-state index contributed by atoms with van der Waals surface area (Å²) in [6.07, 6.45) is 0.951. The molecule has 6 rings (SSSR count). The van der Waals surface area contributed by atoms with Gasteiger partial charge in [0, 0.05) is 33.6 Å². The van der Waals surface area contributed by atoms with E-state index in [-0.39, 0.29) is 18.3 Å². The van der Waals surface area contributed by atoms with Crippen LogP contribution in [0.4, 0.5) is 5.00 Å².